The zero-order chi connectivity index (χ0) is 14.8. The average Bonchev–Trinajstić information content (AvgIpc) is 2.41. The minimum Gasteiger partial charge on any atom is -0.314 e. The molecule has 1 atom stereocenters. The molecular formula is C14H19Cl2F3N2. The molecule has 1 heterocycles. The standard InChI is InChI=1S/C14H18ClF3N2.ClH/c1-2-12(20-8-6-19-7-9-20)10-4-3-5-11(13(10)15)14(16,17)18;/h3-5,12,19H,2,6-9H2,1H3;1H/t12-;/m0./s1. The van der Waals surface area contributed by atoms with Crippen molar-refractivity contribution < 1.29 is 13.2 Å². The van der Waals surface area contributed by atoms with Crippen LogP contribution < -0.4 is 5.32 Å². The van der Waals surface area contributed by atoms with E-state index in [-0.39, 0.29) is 23.5 Å². The van der Waals surface area contributed by atoms with Crippen LogP contribution in [-0.2, 0) is 6.18 Å². The summed E-state index contributed by atoms with van der Waals surface area (Å²) in [6, 6.07) is 4.12. The molecule has 2 rings (SSSR count). The van der Waals surface area contributed by atoms with Crippen molar-refractivity contribution in [3.63, 3.8) is 0 Å². The summed E-state index contributed by atoms with van der Waals surface area (Å²) in [6.45, 7) is 5.33. The molecule has 0 saturated carbocycles. The van der Waals surface area contributed by atoms with Crippen molar-refractivity contribution in [1.82, 2.24) is 10.2 Å². The number of piperazine rings is 1. The van der Waals surface area contributed by atoms with Gasteiger partial charge in [-0.3, -0.25) is 4.90 Å². The second kappa shape index (κ2) is 7.68. The molecule has 1 saturated heterocycles. The van der Waals surface area contributed by atoms with Gasteiger partial charge in [0.15, 0.2) is 0 Å². The molecule has 0 bridgehead atoms. The van der Waals surface area contributed by atoms with Crippen molar-refractivity contribution in [3.8, 4) is 0 Å². The van der Waals surface area contributed by atoms with Crippen molar-refractivity contribution in [1.29, 1.82) is 0 Å². The van der Waals surface area contributed by atoms with Crippen LogP contribution in [0, 0.1) is 0 Å². The van der Waals surface area contributed by atoms with E-state index in [9.17, 15) is 13.2 Å². The predicted octanol–water partition coefficient (Wildman–Crippen LogP) is 4.14. The lowest BCUT2D eigenvalue weighted by atomic mass is 9.99. The lowest BCUT2D eigenvalue weighted by Gasteiger charge is -2.35. The van der Waals surface area contributed by atoms with E-state index in [1.165, 1.54) is 6.07 Å². The summed E-state index contributed by atoms with van der Waals surface area (Å²) in [4.78, 5) is 2.19. The fourth-order valence-corrected chi connectivity index (χ4v) is 3.05. The van der Waals surface area contributed by atoms with E-state index in [1.807, 2.05) is 6.92 Å². The third kappa shape index (κ3) is 4.25. The first-order valence-corrected chi connectivity index (χ1v) is 7.13. The summed E-state index contributed by atoms with van der Waals surface area (Å²) in [5, 5.41) is 3.08. The molecular weight excluding hydrogens is 324 g/mol. The molecule has 1 N–H and O–H groups in total. The number of rotatable bonds is 3. The molecule has 21 heavy (non-hydrogen) atoms. The number of halogens is 5. The Morgan fingerprint density at radius 3 is 2.43 bits per heavy atom. The highest BCUT2D eigenvalue weighted by Crippen LogP contribution is 2.39. The van der Waals surface area contributed by atoms with Crippen LogP contribution in [0.3, 0.4) is 0 Å². The highest BCUT2D eigenvalue weighted by atomic mass is 35.5. The summed E-state index contributed by atoms with van der Waals surface area (Å²) in [6.07, 6.45) is -3.67. The van der Waals surface area contributed by atoms with Crippen LogP contribution in [0.4, 0.5) is 13.2 Å². The Hall–Kier alpha value is -0.490. The van der Waals surface area contributed by atoms with Gasteiger partial charge in [-0.05, 0) is 18.1 Å². The summed E-state index contributed by atoms with van der Waals surface area (Å²) >= 11 is 6.02. The third-order valence-corrected chi connectivity index (χ3v) is 4.09. The number of nitrogens with zero attached hydrogens (tertiary/aromatic N) is 1. The predicted molar refractivity (Wildman–Crippen MR) is 81.2 cm³/mol. The number of hydrogen-bond acceptors (Lipinski definition) is 2. The van der Waals surface area contributed by atoms with Crippen molar-refractivity contribution in [2.24, 2.45) is 0 Å². The van der Waals surface area contributed by atoms with Crippen LogP contribution in [0.25, 0.3) is 0 Å². The normalized spacial score (nSPS) is 18.1. The Morgan fingerprint density at radius 1 is 1.29 bits per heavy atom. The summed E-state index contributed by atoms with van der Waals surface area (Å²) in [5.41, 5.74) is -0.170. The van der Waals surface area contributed by atoms with Gasteiger partial charge in [0.25, 0.3) is 0 Å². The van der Waals surface area contributed by atoms with Gasteiger partial charge in [-0.2, -0.15) is 13.2 Å². The fraction of sp³-hybridized carbons (Fsp3) is 0.571. The van der Waals surface area contributed by atoms with Crippen molar-refractivity contribution >= 4 is 24.0 Å². The minimum atomic E-state index is -4.41. The van der Waals surface area contributed by atoms with Gasteiger partial charge in [0, 0.05) is 32.2 Å². The van der Waals surface area contributed by atoms with Crippen LogP contribution in [0.2, 0.25) is 5.02 Å². The molecule has 1 aliphatic rings. The Balaban J connectivity index is 0.00000220. The van der Waals surface area contributed by atoms with Gasteiger partial charge in [0.05, 0.1) is 10.6 Å². The molecule has 0 unspecified atom stereocenters. The average molecular weight is 343 g/mol. The maximum atomic E-state index is 12.9. The van der Waals surface area contributed by atoms with E-state index < -0.39 is 11.7 Å². The van der Waals surface area contributed by atoms with Gasteiger partial charge >= 0.3 is 6.18 Å². The molecule has 1 aromatic carbocycles. The van der Waals surface area contributed by atoms with Gasteiger partial charge in [0.1, 0.15) is 0 Å². The molecule has 1 fully saturated rings. The van der Waals surface area contributed by atoms with Crippen LogP contribution in [0.15, 0.2) is 18.2 Å². The molecule has 2 nitrogen and oxygen atoms in total. The molecule has 0 amide bonds. The SMILES string of the molecule is CC[C@@H](c1cccc(C(F)(F)F)c1Cl)N1CCNCC1.Cl. The maximum absolute atomic E-state index is 12.9. The fourth-order valence-electron chi connectivity index (χ4n) is 2.69. The molecule has 1 aliphatic heterocycles. The number of hydrogen-bond donors (Lipinski definition) is 1. The van der Waals surface area contributed by atoms with Gasteiger partial charge in [-0.15, -0.1) is 12.4 Å². The highest BCUT2D eigenvalue weighted by Gasteiger charge is 2.35. The second-order valence-electron chi connectivity index (χ2n) is 4.92. The van der Waals surface area contributed by atoms with Gasteiger partial charge in [-0.1, -0.05) is 30.7 Å². The van der Waals surface area contributed by atoms with E-state index in [0.29, 0.717) is 5.56 Å². The Bertz CT molecular complexity index is 460. The van der Waals surface area contributed by atoms with E-state index in [0.717, 1.165) is 38.7 Å². The first-order chi connectivity index (χ1) is 9.45. The van der Waals surface area contributed by atoms with Crippen molar-refractivity contribution in [3.05, 3.63) is 34.3 Å². The quantitative estimate of drug-likeness (QED) is 0.888. The van der Waals surface area contributed by atoms with E-state index in [1.54, 1.807) is 6.07 Å². The van der Waals surface area contributed by atoms with Gasteiger partial charge in [-0.25, -0.2) is 0 Å². The number of alkyl halides is 3. The Morgan fingerprint density at radius 2 is 1.90 bits per heavy atom. The lowest BCUT2D eigenvalue weighted by Crippen LogP contribution is -2.45. The van der Waals surface area contributed by atoms with E-state index in [2.05, 4.69) is 10.2 Å². The molecule has 0 spiro atoms. The zero-order valence-corrected chi connectivity index (χ0v) is 13.3. The third-order valence-electron chi connectivity index (χ3n) is 3.67. The smallest absolute Gasteiger partial charge is 0.314 e. The molecule has 120 valence electrons. The van der Waals surface area contributed by atoms with Crippen LogP contribution >= 0.6 is 24.0 Å². The van der Waals surface area contributed by atoms with Crippen molar-refractivity contribution in [2.75, 3.05) is 26.2 Å². The minimum absolute atomic E-state index is 0. The topological polar surface area (TPSA) is 15.3 Å². The first-order valence-electron chi connectivity index (χ1n) is 6.75. The largest absolute Gasteiger partial charge is 0.417 e. The van der Waals surface area contributed by atoms with Crippen LogP contribution in [-0.4, -0.2) is 31.1 Å². The summed E-state index contributed by atoms with van der Waals surface area (Å²) < 4.78 is 38.8. The lowest BCUT2D eigenvalue weighted by molar-refractivity contribution is -0.137. The number of benzene rings is 1. The van der Waals surface area contributed by atoms with Crippen LogP contribution in [0.1, 0.15) is 30.5 Å². The molecule has 0 aromatic heterocycles. The molecule has 1 aromatic rings. The van der Waals surface area contributed by atoms with Crippen LogP contribution in [0.5, 0.6) is 0 Å². The molecule has 0 aliphatic carbocycles. The van der Waals surface area contributed by atoms with Gasteiger partial charge in [0.2, 0.25) is 0 Å². The zero-order valence-electron chi connectivity index (χ0n) is 11.7. The van der Waals surface area contributed by atoms with Gasteiger partial charge < -0.3 is 5.32 Å². The first kappa shape index (κ1) is 18.6. The number of nitrogens with one attached hydrogen (secondary N) is 1. The molecule has 7 heteroatoms. The monoisotopic (exact) mass is 342 g/mol. The van der Waals surface area contributed by atoms with E-state index in [4.69, 9.17) is 11.6 Å². The summed E-state index contributed by atoms with van der Waals surface area (Å²) in [7, 11) is 0. The second-order valence-corrected chi connectivity index (χ2v) is 5.29. The highest BCUT2D eigenvalue weighted by molar-refractivity contribution is 6.32. The Kier molecular flexibility index (Phi) is 6.78. The summed E-state index contributed by atoms with van der Waals surface area (Å²) in [5.74, 6) is 0. The van der Waals surface area contributed by atoms with E-state index >= 15 is 0 Å². The maximum Gasteiger partial charge on any atom is 0.417 e. The Labute approximate surface area is 134 Å². The van der Waals surface area contributed by atoms with Crippen molar-refractivity contribution in [2.45, 2.75) is 25.6 Å². The molecule has 0 radical (unpaired) electrons.